The smallest absolute Gasteiger partial charge is 0.350 e. The summed E-state index contributed by atoms with van der Waals surface area (Å²) >= 11 is 0. The fraction of sp³-hybridized carbons (Fsp3) is 0.412. The Kier molecular flexibility index (Phi) is 7.18. The van der Waals surface area contributed by atoms with E-state index < -0.39 is 16.0 Å². The van der Waals surface area contributed by atoms with Crippen LogP contribution in [0.1, 0.15) is 6.92 Å². The number of anilines is 1. The van der Waals surface area contributed by atoms with Crippen LogP contribution in [0.15, 0.2) is 34.9 Å². The van der Waals surface area contributed by atoms with Crippen molar-refractivity contribution in [3.63, 3.8) is 0 Å². The molecule has 27 heavy (non-hydrogen) atoms. The molecule has 1 saturated heterocycles. The maximum Gasteiger partial charge on any atom is 0.350 e. The summed E-state index contributed by atoms with van der Waals surface area (Å²) in [6.07, 6.45) is 1.17. The number of morpholine rings is 1. The minimum atomic E-state index is -3.79. The largest absolute Gasteiger partial charge is 0.495 e. The van der Waals surface area contributed by atoms with Gasteiger partial charge in [-0.15, -0.1) is 0 Å². The SMILES string of the molecule is CCOC(=O)/C(C#N)=C/Nc1ccc(OC)c(S(=O)(=O)N2CCOCC2)c1. The molecule has 0 spiro atoms. The van der Waals surface area contributed by atoms with Crippen LogP contribution in [0.2, 0.25) is 0 Å². The van der Waals surface area contributed by atoms with Crippen LogP contribution in [-0.4, -0.2) is 58.7 Å². The van der Waals surface area contributed by atoms with Crippen molar-refractivity contribution in [2.75, 3.05) is 45.3 Å². The molecule has 10 heteroatoms. The predicted octanol–water partition coefficient (Wildman–Crippen LogP) is 1.10. The van der Waals surface area contributed by atoms with E-state index in [0.717, 1.165) is 0 Å². The molecule has 0 amide bonds. The molecule has 0 bridgehead atoms. The van der Waals surface area contributed by atoms with Gasteiger partial charge >= 0.3 is 5.97 Å². The molecule has 1 aromatic carbocycles. The van der Waals surface area contributed by atoms with E-state index in [1.54, 1.807) is 19.1 Å². The highest BCUT2D eigenvalue weighted by Crippen LogP contribution is 2.30. The average molecular weight is 395 g/mol. The third kappa shape index (κ3) is 4.97. The number of methoxy groups -OCH3 is 1. The van der Waals surface area contributed by atoms with Gasteiger partial charge in [-0.3, -0.25) is 0 Å². The summed E-state index contributed by atoms with van der Waals surface area (Å²) in [6, 6.07) is 6.20. The molecule has 1 aliphatic rings. The minimum absolute atomic E-state index is 0.0139. The van der Waals surface area contributed by atoms with Gasteiger partial charge in [0.25, 0.3) is 0 Å². The summed E-state index contributed by atoms with van der Waals surface area (Å²) in [5.41, 5.74) is 0.143. The first-order valence-electron chi connectivity index (χ1n) is 8.24. The molecule has 1 heterocycles. The van der Waals surface area contributed by atoms with E-state index in [0.29, 0.717) is 18.9 Å². The molecular weight excluding hydrogens is 374 g/mol. The second-order valence-corrected chi connectivity index (χ2v) is 7.32. The van der Waals surface area contributed by atoms with Crippen molar-refractivity contribution in [3.05, 3.63) is 30.0 Å². The molecule has 0 aromatic heterocycles. The Morgan fingerprint density at radius 2 is 2.11 bits per heavy atom. The van der Waals surface area contributed by atoms with Crippen LogP contribution in [0.4, 0.5) is 5.69 Å². The lowest BCUT2D eigenvalue weighted by Crippen LogP contribution is -2.40. The standard InChI is InChI=1S/C17H21N3O6S/c1-3-26-17(21)13(11-18)12-19-14-4-5-15(24-2)16(10-14)27(22,23)20-6-8-25-9-7-20/h4-5,10,12,19H,3,6-9H2,1-2H3/b13-12+. The van der Waals surface area contributed by atoms with E-state index in [1.165, 1.54) is 29.7 Å². The number of nitrogens with one attached hydrogen (secondary N) is 1. The normalized spacial score (nSPS) is 15.7. The number of nitrogens with zero attached hydrogens (tertiary/aromatic N) is 2. The number of hydrogen-bond donors (Lipinski definition) is 1. The van der Waals surface area contributed by atoms with Gasteiger partial charge in [-0.2, -0.15) is 9.57 Å². The first kappa shape index (κ1) is 20.7. The van der Waals surface area contributed by atoms with Crippen LogP contribution >= 0.6 is 0 Å². The van der Waals surface area contributed by atoms with Crippen molar-refractivity contribution < 1.29 is 27.4 Å². The monoisotopic (exact) mass is 395 g/mol. The Morgan fingerprint density at radius 3 is 2.70 bits per heavy atom. The number of esters is 1. The first-order valence-corrected chi connectivity index (χ1v) is 9.68. The maximum atomic E-state index is 12.9. The van der Waals surface area contributed by atoms with E-state index in [4.69, 9.17) is 19.5 Å². The van der Waals surface area contributed by atoms with Crippen LogP contribution in [0.25, 0.3) is 0 Å². The average Bonchev–Trinajstić information content (AvgIpc) is 2.69. The van der Waals surface area contributed by atoms with Crippen molar-refractivity contribution in [1.82, 2.24) is 4.31 Å². The summed E-state index contributed by atoms with van der Waals surface area (Å²) < 4.78 is 42.3. The van der Waals surface area contributed by atoms with Gasteiger partial charge in [-0.25, -0.2) is 13.2 Å². The summed E-state index contributed by atoms with van der Waals surface area (Å²) in [4.78, 5) is 11.6. The Bertz CT molecular complexity index is 854. The van der Waals surface area contributed by atoms with Crippen molar-refractivity contribution in [3.8, 4) is 11.8 Å². The number of benzene rings is 1. The lowest BCUT2D eigenvalue weighted by atomic mass is 10.3. The molecule has 2 rings (SSSR count). The second kappa shape index (κ2) is 9.36. The molecule has 1 fully saturated rings. The van der Waals surface area contributed by atoms with Crippen LogP contribution in [0.3, 0.4) is 0 Å². The number of sulfonamides is 1. The quantitative estimate of drug-likeness (QED) is 0.414. The number of ether oxygens (including phenoxy) is 3. The summed E-state index contributed by atoms with van der Waals surface area (Å²) in [6.45, 7) is 2.93. The number of carbonyl (C=O) groups excluding carboxylic acids is 1. The number of carbonyl (C=O) groups is 1. The zero-order chi connectivity index (χ0) is 19.9. The molecule has 1 aliphatic heterocycles. The van der Waals surface area contributed by atoms with E-state index >= 15 is 0 Å². The maximum absolute atomic E-state index is 12.9. The van der Waals surface area contributed by atoms with Crippen LogP contribution in [0, 0.1) is 11.3 Å². The molecular formula is C17H21N3O6S. The van der Waals surface area contributed by atoms with E-state index in [-0.39, 0.29) is 35.9 Å². The molecule has 1 N–H and O–H groups in total. The van der Waals surface area contributed by atoms with Gasteiger partial charge in [0.15, 0.2) is 5.57 Å². The molecule has 146 valence electrons. The zero-order valence-corrected chi connectivity index (χ0v) is 15.9. The van der Waals surface area contributed by atoms with Crippen molar-refractivity contribution in [1.29, 1.82) is 5.26 Å². The highest BCUT2D eigenvalue weighted by atomic mass is 32.2. The minimum Gasteiger partial charge on any atom is -0.495 e. The van der Waals surface area contributed by atoms with Gasteiger partial charge in [0.05, 0.1) is 26.9 Å². The fourth-order valence-electron chi connectivity index (χ4n) is 2.40. The van der Waals surface area contributed by atoms with Crippen LogP contribution in [0.5, 0.6) is 5.75 Å². The lowest BCUT2D eigenvalue weighted by molar-refractivity contribution is -0.138. The molecule has 0 atom stereocenters. The molecule has 0 unspecified atom stereocenters. The molecule has 0 aliphatic carbocycles. The lowest BCUT2D eigenvalue weighted by Gasteiger charge is -2.26. The van der Waals surface area contributed by atoms with E-state index in [2.05, 4.69) is 5.32 Å². The number of nitriles is 1. The van der Waals surface area contributed by atoms with Crippen molar-refractivity contribution >= 4 is 21.7 Å². The van der Waals surface area contributed by atoms with Gasteiger partial charge in [0.1, 0.15) is 16.7 Å². The number of hydrogen-bond acceptors (Lipinski definition) is 8. The van der Waals surface area contributed by atoms with Crippen molar-refractivity contribution in [2.45, 2.75) is 11.8 Å². The Hall–Kier alpha value is -2.61. The zero-order valence-electron chi connectivity index (χ0n) is 15.1. The first-order chi connectivity index (χ1) is 12.9. The molecule has 0 radical (unpaired) electrons. The van der Waals surface area contributed by atoms with Gasteiger partial charge in [0.2, 0.25) is 10.0 Å². The van der Waals surface area contributed by atoms with Gasteiger partial charge in [-0.05, 0) is 25.1 Å². The van der Waals surface area contributed by atoms with Crippen molar-refractivity contribution in [2.24, 2.45) is 0 Å². The van der Waals surface area contributed by atoms with Gasteiger partial charge in [0, 0.05) is 25.0 Å². The molecule has 1 aromatic rings. The Labute approximate surface area is 158 Å². The van der Waals surface area contributed by atoms with E-state index in [1.807, 2.05) is 0 Å². The summed E-state index contributed by atoms with van der Waals surface area (Å²) in [5, 5.41) is 11.8. The summed E-state index contributed by atoms with van der Waals surface area (Å²) in [7, 11) is -2.40. The third-order valence-corrected chi connectivity index (χ3v) is 5.67. The van der Waals surface area contributed by atoms with E-state index in [9.17, 15) is 13.2 Å². The fourth-order valence-corrected chi connectivity index (χ4v) is 3.98. The molecule has 0 saturated carbocycles. The van der Waals surface area contributed by atoms with Crippen LogP contribution in [-0.2, 0) is 24.3 Å². The highest BCUT2D eigenvalue weighted by molar-refractivity contribution is 7.89. The Balaban J connectivity index is 2.32. The predicted molar refractivity (Wildman–Crippen MR) is 96.5 cm³/mol. The highest BCUT2D eigenvalue weighted by Gasteiger charge is 2.29. The molecule has 9 nitrogen and oxygen atoms in total. The Morgan fingerprint density at radius 1 is 1.41 bits per heavy atom. The summed E-state index contributed by atoms with van der Waals surface area (Å²) in [5.74, 6) is -0.566. The van der Waals surface area contributed by atoms with Crippen LogP contribution < -0.4 is 10.1 Å². The number of rotatable bonds is 7. The third-order valence-electron chi connectivity index (χ3n) is 3.75. The topological polar surface area (TPSA) is 118 Å². The second-order valence-electron chi connectivity index (χ2n) is 5.42. The van der Waals surface area contributed by atoms with Gasteiger partial charge < -0.3 is 19.5 Å². The van der Waals surface area contributed by atoms with Gasteiger partial charge in [-0.1, -0.05) is 0 Å².